The standard InChI is InChI=1S/C11H13NOS.2C8H10ClN.C8H10N2O.C8H14N2.2C7H9N3O.C7H12N2S/c1-11(2,3)12-10(13)8-6-4-5-7-9(8)14-12;1-6(2)7-5-10-4-3-8(7)9;1-6(2)7-3-4-8(9)10-5-7;1-8(2,3)6-5-10-7(4-9)11-6;1-7(2)8-3-4-10(5-8)6-9;1-7(2,3)6-10-9-5(4-8)11-6;1-7(2,3)6-9-5(4-8)11-10-6;1-5-8-6(9-10-5)7(2,3)4/h4-7H,1-3H3;2*3-6H,1-2H3;5H,1-3H3;7-8H,3-5H2,1-2H3;2*1-3H3;1-4H3. The smallest absolute Gasteiger partial charge is 0.329 e. The molecule has 0 saturated carbocycles. The molecule has 0 aliphatic carbocycles. The Morgan fingerprint density at radius 1 is 0.678 bits per heavy atom. The van der Waals surface area contributed by atoms with Crippen LogP contribution in [0.4, 0.5) is 0 Å². The van der Waals surface area contributed by atoms with Gasteiger partial charge in [0.2, 0.25) is 5.89 Å². The highest BCUT2D eigenvalue weighted by Crippen LogP contribution is 2.26. The minimum atomic E-state index is -0.178. The number of rotatable bonds is 3. The van der Waals surface area contributed by atoms with Crippen molar-refractivity contribution >= 4 is 56.4 Å². The lowest BCUT2D eigenvalue weighted by Gasteiger charge is -2.17. The van der Waals surface area contributed by atoms with E-state index in [0.717, 1.165) is 62.2 Å². The molecule has 19 nitrogen and oxygen atoms in total. The maximum atomic E-state index is 11.9. The van der Waals surface area contributed by atoms with E-state index in [0.29, 0.717) is 28.7 Å². The van der Waals surface area contributed by atoms with Crippen molar-refractivity contribution in [2.45, 2.75) is 198 Å². The Hall–Kier alpha value is -7.40. The van der Waals surface area contributed by atoms with Gasteiger partial charge in [-0.25, -0.2) is 15.0 Å². The molecular weight excluding hydrogens is 1180 g/mol. The zero-order valence-electron chi connectivity index (χ0n) is 54.7. The fourth-order valence-corrected chi connectivity index (χ4v) is 8.94. The Morgan fingerprint density at radius 3 is 1.64 bits per heavy atom. The second-order valence-electron chi connectivity index (χ2n) is 26.2. The number of likely N-dealkylation sites (tertiary alicyclic amines) is 1. The van der Waals surface area contributed by atoms with Gasteiger partial charge in [0.05, 0.1) is 21.8 Å². The van der Waals surface area contributed by atoms with E-state index in [9.17, 15) is 4.79 Å². The normalized spacial score (nSPS) is 12.9. The molecule has 8 heterocycles. The van der Waals surface area contributed by atoms with Crippen molar-refractivity contribution in [3.8, 4) is 24.4 Å². The van der Waals surface area contributed by atoms with Gasteiger partial charge >= 0.3 is 17.7 Å². The first-order valence-corrected chi connectivity index (χ1v) is 30.7. The highest BCUT2D eigenvalue weighted by atomic mass is 35.5. The summed E-state index contributed by atoms with van der Waals surface area (Å²) in [5.74, 6) is 5.41. The molecule has 1 aliphatic heterocycles. The van der Waals surface area contributed by atoms with Gasteiger partial charge in [0, 0.05) is 58.4 Å². The maximum Gasteiger partial charge on any atom is 0.329 e. The van der Waals surface area contributed by atoms with E-state index in [-0.39, 0.29) is 50.4 Å². The monoisotopic (exact) mass is 1260 g/mol. The summed E-state index contributed by atoms with van der Waals surface area (Å²) in [4.78, 5) is 33.7. The van der Waals surface area contributed by atoms with Crippen LogP contribution >= 0.6 is 46.3 Å². The van der Waals surface area contributed by atoms with Crippen molar-refractivity contribution < 1.29 is 13.4 Å². The lowest BCUT2D eigenvalue weighted by molar-refractivity contribution is 0.380. The lowest BCUT2D eigenvalue weighted by Crippen LogP contribution is -2.29. The summed E-state index contributed by atoms with van der Waals surface area (Å²) in [7, 11) is 0. The highest BCUT2D eigenvalue weighted by Gasteiger charge is 2.25. The quantitative estimate of drug-likeness (QED) is 0.117. The molecule has 1 unspecified atom stereocenters. The predicted octanol–water partition coefficient (Wildman–Crippen LogP) is 16.4. The Balaban J connectivity index is 0.000000340. The van der Waals surface area contributed by atoms with Crippen LogP contribution in [0.3, 0.4) is 0 Å². The van der Waals surface area contributed by atoms with Crippen LogP contribution in [0.25, 0.3) is 10.1 Å². The third kappa shape index (κ3) is 26.6. The van der Waals surface area contributed by atoms with Gasteiger partial charge in [-0.3, -0.25) is 13.7 Å². The number of hydrogen-bond acceptors (Lipinski definition) is 20. The van der Waals surface area contributed by atoms with Gasteiger partial charge < -0.3 is 18.3 Å². The van der Waals surface area contributed by atoms with Crippen molar-refractivity contribution in [1.29, 1.82) is 21.0 Å². The summed E-state index contributed by atoms with van der Waals surface area (Å²) in [6.07, 6.45) is 10.3. The number of halogens is 2. The molecule has 1 fully saturated rings. The molecule has 0 amide bonds. The van der Waals surface area contributed by atoms with E-state index >= 15 is 0 Å². The maximum absolute atomic E-state index is 11.9. The van der Waals surface area contributed by atoms with Crippen molar-refractivity contribution in [1.82, 2.24) is 53.5 Å². The first-order valence-electron chi connectivity index (χ1n) is 28.4. The third-order valence-electron chi connectivity index (χ3n) is 12.1. The van der Waals surface area contributed by atoms with Gasteiger partial charge in [-0.05, 0) is 105 Å². The topological polar surface area (TPSA) is 276 Å². The Bertz CT molecular complexity index is 3420. The first-order chi connectivity index (χ1) is 40.3. The average molecular weight is 1270 g/mol. The average Bonchev–Trinajstić information content (AvgIpc) is 1.88. The molecule has 1 aliphatic rings. The largest absolute Gasteiger partial charge is 0.433 e. The lowest BCUT2D eigenvalue weighted by atomic mass is 9.94. The molecule has 7 aromatic heterocycles. The molecule has 0 bridgehead atoms. The number of nitriles is 4. The fourth-order valence-electron chi connectivity index (χ4n) is 6.80. The van der Waals surface area contributed by atoms with Crippen molar-refractivity contribution in [3.63, 3.8) is 0 Å². The van der Waals surface area contributed by atoms with Crippen molar-refractivity contribution in [2.75, 3.05) is 13.1 Å². The summed E-state index contributed by atoms with van der Waals surface area (Å²) in [5.41, 5.74) is 2.04. The summed E-state index contributed by atoms with van der Waals surface area (Å²) in [6.45, 7) is 47.1. The van der Waals surface area contributed by atoms with Crippen LogP contribution in [-0.2, 0) is 27.2 Å². The van der Waals surface area contributed by atoms with Gasteiger partial charge in [-0.1, -0.05) is 188 Å². The van der Waals surface area contributed by atoms with Gasteiger partial charge in [0.25, 0.3) is 5.56 Å². The van der Waals surface area contributed by atoms with Crippen molar-refractivity contribution in [2.24, 2.45) is 11.8 Å². The summed E-state index contributed by atoms with van der Waals surface area (Å²) >= 11 is 14.5. The summed E-state index contributed by atoms with van der Waals surface area (Å²) in [5, 5.41) is 47.8. The van der Waals surface area contributed by atoms with Crippen LogP contribution in [-0.4, -0.2) is 66.6 Å². The highest BCUT2D eigenvalue weighted by molar-refractivity contribution is 7.13. The molecule has 23 heteroatoms. The number of aryl methyl sites for hydroxylation is 1. The first kappa shape index (κ1) is 75.7. The van der Waals surface area contributed by atoms with E-state index in [4.69, 9.17) is 53.1 Å². The number of fused-ring (bicyclic) bond motifs is 1. The molecule has 1 atom stereocenters. The van der Waals surface area contributed by atoms with Gasteiger partial charge in [0.15, 0.2) is 30.2 Å². The molecule has 468 valence electrons. The molecule has 0 spiro atoms. The molecular formula is C64H87Cl2N15O4S2. The molecule has 87 heavy (non-hydrogen) atoms. The van der Waals surface area contributed by atoms with Crippen LogP contribution in [0, 0.1) is 64.2 Å². The number of hydrogen-bond donors (Lipinski definition) is 0. The Labute approximate surface area is 533 Å². The SMILES string of the molecule is CC(C)(C)c1cnc(C#N)o1.CC(C)(C)c1nnc(C#N)o1.CC(C)(C)c1noc(C#N)n1.CC(C)(C)n1sc2ccccc2c1=O.CC(C)C1CCN(C#N)C1.CC(C)c1ccc(Cl)nc1.CC(C)c1cnccc1Cl.Cc1nc(C(C)(C)C)ns1. The van der Waals surface area contributed by atoms with E-state index in [1.165, 1.54) is 35.0 Å². The number of benzene rings is 1. The molecule has 0 N–H and O–H groups in total. The third-order valence-corrected chi connectivity index (χ3v) is 14.8. The second kappa shape index (κ2) is 34.2. The number of nitrogens with zero attached hydrogens (tertiary/aromatic N) is 15. The van der Waals surface area contributed by atoms with E-state index in [2.05, 4.69) is 118 Å². The zero-order chi connectivity index (χ0) is 66.3. The van der Waals surface area contributed by atoms with Crippen LogP contribution < -0.4 is 5.56 Å². The molecule has 1 aromatic carbocycles. The van der Waals surface area contributed by atoms with E-state index in [1.807, 2.05) is 160 Å². The summed E-state index contributed by atoms with van der Waals surface area (Å²) in [6, 6.07) is 18.8. The summed E-state index contributed by atoms with van der Waals surface area (Å²) < 4.78 is 21.9. The zero-order valence-corrected chi connectivity index (χ0v) is 57.8. The van der Waals surface area contributed by atoms with Gasteiger partial charge in [-0.2, -0.15) is 30.4 Å². The second-order valence-corrected chi connectivity index (χ2v) is 28.9. The van der Waals surface area contributed by atoms with E-state index < -0.39 is 0 Å². The number of oxazole rings is 1. The van der Waals surface area contributed by atoms with Crippen LogP contribution in [0.2, 0.25) is 10.2 Å². The van der Waals surface area contributed by atoms with Crippen LogP contribution in [0.5, 0.6) is 0 Å². The predicted molar refractivity (Wildman–Crippen MR) is 347 cm³/mol. The fraction of sp³-hybridized carbons (Fsp3) is 0.531. The Kier molecular flexibility index (Phi) is 29.8. The Morgan fingerprint density at radius 2 is 1.30 bits per heavy atom. The minimum absolute atomic E-state index is 0.0231. The van der Waals surface area contributed by atoms with Gasteiger partial charge in [-0.15, -0.1) is 5.10 Å². The molecule has 0 radical (unpaired) electrons. The van der Waals surface area contributed by atoms with Crippen molar-refractivity contribution in [3.05, 3.63) is 145 Å². The molecule has 8 aromatic rings. The minimum Gasteiger partial charge on any atom is -0.433 e. The van der Waals surface area contributed by atoms with Crippen LogP contribution in [0.1, 0.15) is 221 Å². The molecule has 9 rings (SSSR count). The van der Waals surface area contributed by atoms with E-state index in [1.54, 1.807) is 24.5 Å². The van der Waals surface area contributed by atoms with Gasteiger partial charge in [0.1, 0.15) is 21.7 Å². The number of aromatic nitrogens is 10. The number of pyridine rings is 2. The molecule has 1 saturated heterocycles. The van der Waals surface area contributed by atoms with Crippen LogP contribution in [0.15, 0.2) is 85.4 Å².